The molecule has 0 amide bonds. The third-order valence-electron chi connectivity index (χ3n) is 2.06. The van der Waals surface area contributed by atoms with Crippen molar-refractivity contribution < 1.29 is 16.9 Å². The van der Waals surface area contributed by atoms with Crippen LogP contribution >= 0.6 is 11.6 Å². The Morgan fingerprint density at radius 2 is 1.81 bits per heavy atom. The van der Waals surface area contributed by atoms with Crippen LogP contribution in [0.2, 0.25) is 5.02 Å². The Morgan fingerprint density at radius 1 is 1.12 bits per heavy atom. The van der Waals surface area contributed by atoms with Crippen molar-refractivity contribution in [2.45, 2.75) is 0 Å². The first-order chi connectivity index (χ1) is 9.75. The van der Waals surface area contributed by atoms with E-state index < -0.39 is 37.3 Å². The van der Waals surface area contributed by atoms with E-state index in [4.69, 9.17) is 18.5 Å². The van der Waals surface area contributed by atoms with Crippen molar-refractivity contribution in [3.05, 3.63) is 53.4 Å². The highest BCUT2D eigenvalue weighted by Gasteiger charge is 2.16. The van der Waals surface area contributed by atoms with E-state index in [0.29, 0.717) is 0 Å². The Labute approximate surface area is 106 Å². The molecule has 0 aliphatic carbocycles. The minimum Gasteiger partial charge on any atom is -0.423 e. The Balaban J connectivity index is 2.88. The van der Waals surface area contributed by atoms with Crippen LogP contribution in [0.1, 0.15) is 6.85 Å². The number of hydrogen-bond acceptors (Lipinski definition) is 2. The van der Waals surface area contributed by atoms with Crippen molar-refractivity contribution in [1.82, 2.24) is 0 Å². The van der Waals surface area contributed by atoms with Crippen LogP contribution in [0.3, 0.4) is 0 Å². The maximum Gasteiger partial charge on any atom is 0.489 e. The minimum absolute atomic E-state index is 0.0120. The molecule has 0 saturated heterocycles. The molecule has 2 nitrogen and oxygen atoms in total. The topological polar surface area (TPSA) is 40.5 Å². The zero-order chi connectivity index (χ0) is 15.9. The summed E-state index contributed by atoms with van der Waals surface area (Å²) in [5, 5.41) is 19.0. The lowest BCUT2D eigenvalue weighted by atomic mass is 9.75. The second kappa shape index (κ2) is 4.70. The number of halogens is 1. The average molecular weight is 238 g/mol. The summed E-state index contributed by atoms with van der Waals surface area (Å²) < 4.78 is 38.7. The van der Waals surface area contributed by atoms with E-state index in [1.54, 1.807) is 0 Å². The molecule has 0 aliphatic heterocycles. The molecule has 4 heteroatoms. The highest BCUT2D eigenvalue weighted by Crippen LogP contribution is 2.20. The number of benzene rings is 2. The summed E-state index contributed by atoms with van der Waals surface area (Å²) in [6.45, 7) is 0. The second-order valence-corrected chi connectivity index (χ2v) is 3.54. The van der Waals surface area contributed by atoms with Crippen LogP contribution in [0.5, 0.6) is 0 Å². The van der Waals surface area contributed by atoms with E-state index in [0.717, 1.165) is 0 Å². The first-order valence-electron chi connectivity index (χ1n) is 6.98. The van der Waals surface area contributed by atoms with Gasteiger partial charge in [-0.15, -0.1) is 0 Å². The molecule has 0 spiro atoms. The summed E-state index contributed by atoms with van der Waals surface area (Å²) in [6, 6.07) is 1.74. The monoisotopic (exact) mass is 237 g/mol. The Morgan fingerprint density at radius 3 is 2.44 bits per heavy atom. The van der Waals surface area contributed by atoms with Crippen molar-refractivity contribution in [2.24, 2.45) is 0 Å². The summed E-state index contributed by atoms with van der Waals surface area (Å²) >= 11 is 5.87. The molecular formula is C12H10BClO2. The van der Waals surface area contributed by atoms with Gasteiger partial charge in [0.05, 0.1) is 6.85 Å². The predicted molar refractivity (Wildman–Crippen MR) is 66.7 cm³/mol. The largest absolute Gasteiger partial charge is 0.489 e. The van der Waals surface area contributed by atoms with E-state index in [9.17, 15) is 10.0 Å². The second-order valence-electron chi connectivity index (χ2n) is 3.11. The van der Waals surface area contributed by atoms with Gasteiger partial charge in [0.2, 0.25) is 0 Å². The fraction of sp³-hybridized carbons (Fsp3) is 0. The molecule has 0 saturated carbocycles. The molecule has 80 valence electrons. The Kier molecular flexibility index (Phi) is 1.90. The highest BCUT2D eigenvalue weighted by atomic mass is 35.5. The molecule has 0 fully saturated rings. The van der Waals surface area contributed by atoms with E-state index in [2.05, 4.69) is 0 Å². The summed E-state index contributed by atoms with van der Waals surface area (Å²) in [4.78, 5) is 0. The fourth-order valence-electron chi connectivity index (χ4n) is 1.35. The van der Waals surface area contributed by atoms with E-state index >= 15 is 0 Å². The zero-order valence-electron chi connectivity index (χ0n) is 13.1. The normalized spacial score (nSPS) is 14.6. The fourth-order valence-corrected chi connectivity index (χ4v) is 1.53. The maximum absolute atomic E-state index is 9.39. The van der Waals surface area contributed by atoms with Crippen molar-refractivity contribution in [1.29, 1.82) is 0 Å². The Hall–Kier alpha value is -1.29. The average Bonchev–Trinajstić information content (AvgIpc) is 2.43. The van der Waals surface area contributed by atoms with Gasteiger partial charge in [-0.3, -0.25) is 0 Å². The SMILES string of the molecule is [2H]c1c([2H])c([2H])c(-c2cc(Cl)ccc2B(O)O)c([2H])c1[2H]. The van der Waals surface area contributed by atoms with Gasteiger partial charge in [-0.1, -0.05) is 47.9 Å². The van der Waals surface area contributed by atoms with Gasteiger partial charge in [0.25, 0.3) is 0 Å². The van der Waals surface area contributed by atoms with Crippen molar-refractivity contribution in [3.8, 4) is 11.1 Å². The smallest absolute Gasteiger partial charge is 0.423 e. The third kappa shape index (κ3) is 2.27. The molecule has 0 atom stereocenters. The van der Waals surface area contributed by atoms with Gasteiger partial charge in [0, 0.05) is 5.02 Å². The molecule has 0 unspecified atom stereocenters. The molecular weight excluding hydrogens is 222 g/mol. The van der Waals surface area contributed by atoms with Gasteiger partial charge in [-0.2, -0.15) is 0 Å². The molecule has 0 bridgehead atoms. The van der Waals surface area contributed by atoms with Gasteiger partial charge < -0.3 is 10.0 Å². The molecule has 0 radical (unpaired) electrons. The van der Waals surface area contributed by atoms with Gasteiger partial charge >= 0.3 is 7.12 Å². The summed E-state index contributed by atoms with van der Waals surface area (Å²) in [5.74, 6) is 0. The lowest BCUT2D eigenvalue weighted by Crippen LogP contribution is -2.31. The van der Waals surface area contributed by atoms with Gasteiger partial charge in [-0.25, -0.2) is 0 Å². The molecule has 0 aromatic heterocycles. The van der Waals surface area contributed by atoms with Crippen LogP contribution in [0, 0.1) is 0 Å². The Bertz CT molecular complexity index is 694. The maximum atomic E-state index is 9.39. The van der Waals surface area contributed by atoms with Crippen LogP contribution in [0.4, 0.5) is 0 Å². The lowest BCUT2D eigenvalue weighted by molar-refractivity contribution is 0.426. The zero-order valence-corrected chi connectivity index (χ0v) is 8.84. The summed E-state index contributed by atoms with van der Waals surface area (Å²) in [7, 11) is -1.85. The van der Waals surface area contributed by atoms with Crippen LogP contribution in [0.15, 0.2) is 48.4 Å². The van der Waals surface area contributed by atoms with E-state index in [1.165, 1.54) is 18.2 Å². The summed E-state index contributed by atoms with van der Waals surface area (Å²) in [6.07, 6.45) is 0. The first kappa shape index (κ1) is 6.45. The minimum atomic E-state index is -1.85. The van der Waals surface area contributed by atoms with Crippen LogP contribution in [0.25, 0.3) is 11.1 Å². The van der Waals surface area contributed by atoms with Crippen molar-refractivity contribution in [3.63, 3.8) is 0 Å². The van der Waals surface area contributed by atoms with Crippen LogP contribution < -0.4 is 5.46 Å². The number of rotatable bonds is 2. The van der Waals surface area contributed by atoms with Gasteiger partial charge in [0.15, 0.2) is 0 Å². The lowest BCUT2D eigenvalue weighted by Gasteiger charge is -2.09. The third-order valence-corrected chi connectivity index (χ3v) is 2.30. The molecule has 2 aromatic carbocycles. The molecule has 16 heavy (non-hydrogen) atoms. The van der Waals surface area contributed by atoms with Crippen LogP contribution in [-0.2, 0) is 0 Å². The predicted octanol–water partition coefficient (Wildman–Crippen LogP) is 1.69. The van der Waals surface area contributed by atoms with Crippen molar-refractivity contribution >= 4 is 24.2 Å². The van der Waals surface area contributed by atoms with Gasteiger partial charge in [0.1, 0.15) is 0 Å². The van der Waals surface area contributed by atoms with Crippen LogP contribution in [-0.4, -0.2) is 17.2 Å². The summed E-state index contributed by atoms with van der Waals surface area (Å²) in [5.41, 5.74) is -0.0148. The molecule has 2 aromatic rings. The van der Waals surface area contributed by atoms with E-state index in [-0.39, 0.29) is 21.6 Å². The van der Waals surface area contributed by atoms with Gasteiger partial charge in [-0.05, 0) is 28.7 Å². The van der Waals surface area contributed by atoms with Crippen molar-refractivity contribution in [2.75, 3.05) is 0 Å². The molecule has 0 heterocycles. The molecule has 2 rings (SSSR count). The molecule has 0 aliphatic rings. The van der Waals surface area contributed by atoms with E-state index in [1.807, 2.05) is 0 Å². The quantitative estimate of drug-likeness (QED) is 0.781. The number of hydrogen-bond donors (Lipinski definition) is 2. The molecule has 2 N–H and O–H groups in total. The first-order valence-corrected chi connectivity index (χ1v) is 4.86. The standard InChI is InChI=1S/C12H10BClO2/c14-10-6-7-12(13(15)16)11(8-10)9-4-2-1-3-5-9/h1-8,15-16H/i1D,2D,3D,4D,5D. The highest BCUT2D eigenvalue weighted by molar-refractivity contribution is 6.60.